The Kier molecular flexibility index (Phi) is 13.2. The zero-order valence-corrected chi connectivity index (χ0v) is 32.2. The molecule has 0 spiro atoms. The van der Waals surface area contributed by atoms with Crippen molar-refractivity contribution in [3.05, 3.63) is 159 Å². The molecule has 2 N–H and O–H groups in total. The highest BCUT2D eigenvalue weighted by atomic mass is 79.9. The van der Waals surface area contributed by atoms with Gasteiger partial charge in [0, 0.05) is 30.1 Å². The Hall–Kier alpha value is -4.56. The van der Waals surface area contributed by atoms with E-state index < -0.39 is 23.8 Å². The van der Waals surface area contributed by atoms with E-state index in [9.17, 15) is 19.2 Å². The van der Waals surface area contributed by atoms with Crippen LogP contribution in [0, 0.1) is 0 Å². The summed E-state index contributed by atoms with van der Waals surface area (Å²) in [5.41, 5.74) is 5.48. The Balaban J connectivity index is 1.31. The molecular formula is C36H20Br2Cl4N4O6. The Morgan fingerprint density at radius 3 is 1.33 bits per heavy atom. The molecule has 16 heteroatoms. The number of halogens is 6. The maximum absolute atomic E-state index is 13.5. The molecule has 52 heavy (non-hydrogen) atoms. The minimum atomic E-state index is -0.873. The standard InChI is InChI=1S/C36H20Br2Cl4N4O6/c37-21-5-11-31(19(13-21)17-43-45-33(47)27-9-7-23(39)15-29(27)41)51-35(49)25-3-1-2-4-26(25)36(50)52-32-12-6-22(38)14-20(32)18-44-46-34(48)28-10-8-24(40)16-30(28)42/h1-18H,(H,45,47)(H,46,48). The third-order valence-electron chi connectivity index (χ3n) is 6.81. The molecule has 0 atom stereocenters. The molecule has 2 amide bonds. The van der Waals surface area contributed by atoms with Gasteiger partial charge in [-0.25, -0.2) is 20.4 Å². The van der Waals surface area contributed by atoms with Crippen molar-refractivity contribution in [2.24, 2.45) is 10.2 Å². The SMILES string of the molecule is O=C(NN=Cc1cc(Br)ccc1OC(=O)c1ccccc1C(=O)Oc1ccc(Br)cc1C=NNC(=O)c1ccc(Cl)cc1Cl)c1ccc(Cl)cc1Cl. The van der Waals surface area contributed by atoms with Gasteiger partial charge < -0.3 is 9.47 Å². The van der Waals surface area contributed by atoms with Crippen molar-refractivity contribution >= 4 is 114 Å². The number of nitrogens with one attached hydrogen (secondary N) is 2. The van der Waals surface area contributed by atoms with Crippen LogP contribution in [0.25, 0.3) is 0 Å². The zero-order valence-electron chi connectivity index (χ0n) is 26.0. The first kappa shape index (κ1) is 38.7. The van der Waals surface area contributed by atoms with E-state index in [4.69, 9.17) is 55.9 Å². The largest absolute Gasteiger partial charge is 0.422 e. The van der Waals surface area contributed by atoms with Crippen molar-refractivity contribution in [2.75, 3.05) is 0 Å². The maximum Gasteiger partial charge on any atom is 0.344 e. The molecule has 0 bridgehead atoms. The van der Waals surface area contributed by atoms with Crippen LogP contribution in [0.5, 0.6) is 11.5 Å². The Morgan fingerprint density at radius 2 is 0.942 bits per heavy atom. The molecule has 0 fully saturated rings. The Labute approximate surface area is 333 Å². The van der Waals surface area contributed by atoms with Gasteiger partial charge in [0.1, 0.15) is 11.5 Å². The van der Waals surface area contributed by atoms with E-state index in [1.54, 1.807) is 36.4 Å². The average Bonchev–Trinajstić information content (AvgIpc) is 3.10. The van der Waals surface area contributed by atoms with Gasteiger partial charge in [-0.1, -0.05) is 90.4 Å². The molecular weight excluding hydrogens is 886 g/mol. The summed E-state index contributed by atoms with van der Waals surface area (Å²) < 4.78 is 12.6. The number of benzene rings is 5. The lowest BCUT2D eigenvalue weighted by Gasteiger charge is -2.12. The molecule has 0 saturated carbocycles. The molecule has 0 aromatic heterocycles. The number of esters is 2. The number of carbonyl (C=O) groups is 4. The second kappa shape index (κ2) is 17.8. The summed E-state index contributed by atoms with van der Waals surface area (Å²) in [6, 6.07) is 24.2. The molecule has 0 heterocycles. The monoisotopic (exact) mass is 902 g/mol. The number of ether oxygens (including phenoxy) is 2. The minimum absolute atomic E-state index is 0.0761. The van der Waals surface area contributed by atoms with Crippen LogP contribution in [0.1, 0.15) is 52.6 Å². The summed E-state index contributed by atoms with van der Waals surface area (Å²) in [5, 5.41) is 8.97. The van der Waals surface area contributed by atoms with E-state index >= 15 is 0 Å². The predicted octanol–water partition coefficient (Wildman–Crippen LogP) is 9.79. The molecule has 5 aromatic rings. The molecule has 5 rings (SSSR count). The first-order valence-electron chi connectivity index (χ1n) is 14.6. The number of rotatable bonds is 10. The first-order chi connectivity index (χ1) is 24.9. The molecule has 0 aliphatic carbocycles. The van der Waals surface area contributed by atoms with Gasteiger partial charge >= 0.3 is 11.9 Å². The fourth-order valence-corrected chi connectivity index (χ4v) is 6.11. The van der Waals surface area contributed by atoms with E-state index in [1.165, 1.54) is 73.1 Å². The number of hydrogen-bond donors (Lipinski definition) is 2. The van der Waals surface area contributed by atoms with Crippen LogP contribution in [0.3, 0.4) is 0 Å². The second-order valence-electron chi connectivity index (χ2n) is 10.3. The summed E-state index contributed by atoms with van der Waals surface area (Å²) in [4.78, 5) is 52.1. The fourth-order valence-electron chi connectivity index (χ4n) is 4.36. The van der Waals surface area contributed by atoms with Crippen molar-refractivity contribution in [3.63, 3.8) is 0 Å². The predicted molar refractivity (Wildman–Crippen MR) is 208 cm³/mol. The number of nitrogens with zero attached hydrogens (tertiary/aromatic N) is 2. The highest BCUT2D eigenvalue weighted by molar-refractivity contribution is 9.10. The van der Waals surface area contributed by atoms with Gasteiger partial charge in [0.05, 0.1) is 44.7 Å². The van der Waals surface area contributed by atoms with Crippen LogP contribution >= 0.6 is 78.3 Å². The van der Waals surface area contributed by atoms with E-state index in [-0.39, 0.29) is 43.8 Å². The lowest BCUT2D eigenvalue weighted by atomic mass is 10.1. The van der Waals surface area contributed by atoms with Gasteiger partial charge in [-0.15, -0.1) is 0 Å². The molecule has 0 aliphatic heterocycles. The number of hydrogen-bond acceptors (Lipinski definition) is 8. The topological polar surface area (TPSA) is 136 Å². The molecule has 0 radical (unpaired) electrons. The lowest BCUT2D eigenvalue weighted by molar-refractivity contribution is 0.0691. The Morgan fingerprint density at radius 1 is 0.538 bits per heavy atom. The van der Waals surface area contributed by atoms with Crippen LogP contribution < -0.4 is 20.3 Å². The van der Waals surface area contributed by atoms with Crippen molar-refractivity contribution < 1.29 is 28.7 Å². The molecule has 0 unspecified atom stereocenters. The zero-order chi connectivity index (χ0) is 37.4. The quantitative estimate of drug-likeness (QED) is 0.0620. The molecule has 10 nitrogen and oxygen atoms in total. The summed E-state index contributed by atoms with van der Waals surface area (Å²) in [5.74, 6) is -2.77. The first-order valence-corrected chi connectivity index (χ1v) is 17.7. The van der Waals surface area contributed by atoms with E-state index in [0.29, 0.717) is 30.1 Å². The summed E-state index contributed by atoms with van der Waals surface area (Å²) in [6.45, 7) is 0. The van der Waals surface area contributed by atoms with Crippen molar-refractivity contribution in [1.29, 1.82) is 0 Å². The second-order valence-corrected chi connectivity index (χ2v) is 13.9. The van der Waals surface area contributed by atoms with Gasteiger partial charge in [0.15, 0.2) is 0 Å². The van der Waals surface area contributed by atoms with Crippen LogP contribution in [-0.2, 0) is 0 Å². The van der Waals surface area contributed by atoms with Crippen molar-refractivity contribution in [2.45, 2.75) is 0 Å². The Bertz CT molecular complexity index is 2130. The summed E-state index contributed by atoms with van der Waals surface area (Å²) in [6.07, 6.45) is 2.55. The van der Waals surface area contributed by atoms with Crippen LogP contribution in [-0.4, -0.2) is 36.2 Å². The molecule has 262 valence electrons. The van der Waals surface area contributed by atoms with Gasteiger partial charge in [0.25, 0.3) is 11.8 Å². The smallest absolute Gasteiger partial charge is 0.344 e. The van der Waals surface area contributed by atoms with Gasteiger partial charge in [-0.3, -0.25) is 9.59 Å². The number of hydrazone groups is 2. The van der Waals surface area contributed by atoms with Crippen LogP contribution in [0.4, 0.5) is 0 Å². The normalized spacial score (nSPS) is 11.0. The summed E-state index contributed by atoms with van der Waals surface area (Å²) in [7, 11) is 0. The van der Waals surface area contributed by atoms with E-state index in [1.807, 2.05) is 0 Å². The van der Waals surface area contributed by atoms with Crippen molar-refractivity contribution in [1.82, 2.24) is 10.9 Å². The summed E-state index contributed by atoms with van der Waals surface area (Å²) >= 11 is 30.8. The fraction of sp³-hybridized carbons (Fsp3) is 0. The van der Waals surface area contributed by atoms with Crippen LogP contribution in [0.2, 0.25) is 20.1 Å². The third kappa shape index (κ3) is 10.1. The average molecular weight is 906 g/mol. The minimum Gasteiger partial charge on any atom is -0.422 e. The maximum atomic E-state index is 13.5. The molecule has 5 aromatic carbocycles. The van der Waals surface area contributed by atoms with E-state index in [0.717, 1.165) is 0 Å². The van der Waals surface area contributed by atoms with Crippen LogP contribution in [0.15, 0.2) is 116 Å². The van der Waals surface area contributed by atoms with E-state index in [2.05, 4.69) is 52.9 Å². The molecule has 0 saturated heterocycles. The van der Waals surface area contributed by atoms with Crippen molar-refractivity contribution in [3.8, 4) is 11.5 Å². The lowest BCUT2D eigenvalue weighted by Crippen LogP contribution is -2.19. The highest BCUT2D eigenvalue weighted by Crippen LogP contribution is 2.27. The van der Waals surface area contributed by atoms with Gasteiger partial charge in [-0.05, 0) is 84.9 Å². The van der Waals surface area contributed by atoms with Gasteiger partial charge in [-0.2, -0.15) is 10.2 Å². The van der Waals surface area contributed by atoms with Gasteiger partial charge in [0.2, 0.25) is 0 Å². The highest BCUT2D eigenvalue weighted by Gasteiger charge is 2.22. The number of amides is 2. The molecule has 0 aliphatic rings. The third-order valence-corrected chi connectivity index (χ3v) is 8.89. The number of carbonyl (C=O) groups excluding carboxylic acids is 4.